The molecule has 0 radical (unpaired) electrons. The fourth-order valence-corrected chi connectivity index (χ4v) is 2.83. The minimum Gasteiger partial charge on any atom is -0.491 e. The van der Waals surface area contributed by atoms with Gasteiger partial charge in [0.05, 0.1) is 6.10 Å². The molecule has 1 saturated heterocycles. The second-order valence-corrected chi connectivity index (χ2v) is 6.99. The highest BCUT2D eigenvalue weighted by atomic mass is 16.5. The Hall–Kier alpha value is -1.06. The molecule has 0 aromatic heterocycles. The number of hydrogen-bond acceptors (Lipinski definition) is 3. The average Bonchev–Trinajstić information content (AvgIpc) is 2.68. The highest BCUT2D eigenvalue weighted by molar-refractivity contribution is 5.29. The SMILES string of the molecule is CC(C)Oc1ccc(C(N)CN2CCC(C)(C)C2)cc1. The van der Waals surface area contributed by atoms with Crippen LogP contribution in [0.5, 0.6) is 5.75 Å². The molecule has 1 fully saturated rings. The first-order valence-electron chi connectivity index (χ1n) is 7.60. The number of nitrogens with two attached hydrogens (primary N) is 1. The number of ether oxygens (including phenoxy) is 1. The van der Waals surface area contributed by atoms with Crippen molar-refractivity contribution in [1.82, 2.24) is 4.90 Å². The van der Waals surface area contributed by atoms with Crippen LogP contribution in [-0.2, 0) is 0 Å². The molecule has 0 saturated carbocycles. The molecule has 1 heterocycles. The van der Waals surface area contributed by atoms with Crippen LogP contribution in [0.1, 0.15) is 45.7 Å². The van der Waals surface area contributed by atoms with Crippen LogP contribution in [-0.4, -0.2) is 30.6 Å². The lowest BCUT2D eigenvalue weighted by atomic mass is 9.93. The summed E-state index contributed by atoms with van der Waals surface area (Å²) in [6.07, 6.45) is 1.47. The molecule has 1 atom stereocenters. The summed E-state index contributed by atoms with van der Waals surface area (Å²) in [6.45, 7) is 12.0. The normalized spacial score (nSPS) is 20.3. The highest BCUT2D eigenvalue weighted by Gasteiger charge is 2.29. The predicted molar refractivity (Wildman–Crippen MR) is 84.0 cm³/mol. The minimum atomic E-state index is 0.0806. The Bertz CT molecular complexity index is 425. The molecular weight excluding hydrogens is 248 g/mol. The van der Waals surface area contributed by atoms with Gasteiger partial charge >= 0.3 is 0 Å². The van der Waals surface area contributed by atoms with Crippen molar-refractivity contribution in [3.63, 3.8) is 0 Å². The highest BCUT2D eigenvalue weighted by Crippen LogP contribution is 2.29. The number of benzene rings is 1. The van der Waals surface area contributed by atoms with Crippen LogP contribution in [0.2, 0.25) is 0 Å². The van der Waals surface area contributed by atoms with Crippen molar-refractivity contribution in [1.29, 1.82) is 0 Å². The fourth-order valence-electron chi connectivity index (χ4n) is 2.83. The summed E-state index contributed by atoms with van der Waals surface area (Å²) in [7, 11) is 0. The van der Waals surface area contributed by atoms with Gasteiger partial charge in [0.2, 0.25) is 0 Å². The Kier molecular flexibility index (Phi) is 4.71. The standard InChI is InChI=1S/C17H28N2O/c1-13(2)20-15-7-5-14(6-8-15)16(18)11-19-10-9-17(3,4)12-19/h5-8,13,16H,9-12,18H2,1-4H3. The predicted octanol–water partition coefficient (Wildman–Crippen LogP) is 3.21. The second-order valence-electron chi connectivity index (χ2n) is 6.99. The third-order valence-electron chi connectivity index (χ3n) is 3.89. The monoisotopic (exact) mass is 276 g/mol. The van der Waals surface area contributed by atoms with Crippen molar-refractivity contribution >= 4 is 0 Å². The van der Waals surface area contributed by atoms with Crippen molar-refractivity contribution in [2.75, 3.05) is 19.6 Å². The number of nitrogens with zero attached hydrogens (tertiary/aromatic N) is 1. The first-order chi connectivity index (χ1) is 9.35. The van der Waals surface area contributed by atoms with Crippen LogP contribution in [0.15, 0.2) is 24.3 Å². The van der Waals surface area contributed by atoms with E-state index in [9.17, 15) is 0 Å². The van der Waals surface area contributed by atoms with Gasteiger partial charge in [0.25, 0.3) is 0 Å². The lowest BCUT2D eigenvalue weighted by Crippen LogP contribution is -2.31. The molecule has 0 amide bonds. The molecule has 1 aromatic rings. The second kappa shape index (κ2) is 6.15. The van der Waals surface area contributed by atoms with Crippen LogP contribution >= 0.6 is 0 Å². The molecule has 1 aliphatic heterocycles. The van der Waals surface area contributed by atoms with Crippen LogP contribution in [0.3, 0.4) is 0 Å². The average molecular weight is 276 g/mol. The van der Waals surface area contributed by atoms with Gasteiger partial charge in [-0.3, -0.25) is 0 Å². The summed E-state index contributed by atoms with van der Waals surface area (Å²) in [6, 6.07) is 8.29. The largest absolute Gasteiger partial charge is 0.491 e. The van der Waals surface area contributed by atoms with Gasteiger partial charge in [-0.1, -0.05) is 26.0 Å². The van der Waals surface area contributed by atoms with E-state index in [4.69, 9.17) is 10.5 Å². The topological polar surface area (TPSA) is 38.5 Å². The summed E-state index contributed by atoms with van der Waals surface area (Å²) in [5, 5.41) is 0. The minimum absolute atomic E-state index is 0.0806. The smallest absolute Gasteiger partial charge is 0.119 e. The van der Waals surface area contributed by atoms with Gasteiger partial charge in [-0.2, -0.15) is 0 Å². The van der Waals surface area contributed by atoms with E-state index in [2.05, 4.69) is 30.9 Å². The first-order valence-corrected chi connectivity index (χ1v) is 7.60. The Morgan fingerprint density at radius 3 is 2.40 bits per heavy atom. The molecule has 0 aliphatic carbocycles. The molecule has 1 aromatic carbocycles. The molecule has 20 heavy (non-hydrogen) atoms. The lowest BCUT2D eigenvalue weighted by Gasteiger charge is -2.23. The van der Waals surface area contributed by atoms with Gasteiger partial charge in [-0.25, -0.2) is 0 Å². The number of likely N-dealkylation sites (tertiary alicyclic amines) is 1. The molecule has 2 rings (SSSR count). The Labute approximate surface area is 123 Å². The summed E-state index contributed by atoms with van der Waals surface area (Å²) in [4.78, 5) is 2.48. The third kappa shape index (κ3) is 4.22. The Balaban J connectivity index is 1.91. The van der Waals surface area contributed by atoms with E-state index in [1.807, 2.05) is 26.0 Å². The van der Waals surface area contributed by atoms with E-state index in [0.29, 0.717) is 5.41 Å². The van der Waals surface area contributed by atoms with Gasteiger partial charge in [-0.15, -0.1) is 0 Å². The van der Waals surface area contributed by atoms with Gasteiger partial charge in [0.15, 0.2) is 0 Å². The molecule has 0 spiro atoms. The maximum absolute atomic E-state index is 6.33. The van der Waals surface area contributed by atoms with E-state index < -0.39 is 0 Å². The number of rotatable bonds is 5. The Morgan fingerprint density at radius 1 is 1.25 bits per heavy atom. The van der Waals surface area contributed by atoms with Crippen LogP contribution in [0.25, 0.3) is 0 Å². The summed E-state index contributed by atoms with van der Waals surface area (Å²) in [5.74, 6) is 0.915. The van der Waals surface area contributed by atoms with E-state index >= 15 is 0 Å². The van der Waals surface area contributed by atoms with Gasteiger partial charge < -0.3 is 15.4 Å². The van der Waals surface area contributed by atoms with E-state index in [1.54, 1.807) is 0 Å². The van der Waals surface area contributed by atoms with Gasteiger partial charge in [0.1, 0.15) is 5.75 Å². The maximum atomic E-state index is 6.33. The summed E-state index contributed by atoms with van der Waals surface area (Å²) in [5.41, 5.74) is 7.96. The zero-order chi connectivity index (χ0) is 14.8. The Morgan fingerprint density at radius 2 is 1.90 bits per heavy atom. The number of hydrogen-bond donors (Lipinski definition) is 1. The molecular formula is C17H28N2O. The fraction of sp³-hybridized carbons (Fsp3) is 0.647. The molecule has 0 bridgehead atoms. The first kappa shape index (κ1) is 15.3. The van der Waals surface area contributed by atoms with Gasteiger partial charge in [-0.05, 0) is 49.9 Å². The van der Waals surface area contributed by atoms with E-state index in [-0.39, 0.29) is 12.1 Å². The van der Waals surface area contributed by atoms with Crippen LogP contribution < -0.4 is 10.5 Å². The van der Waals surface area contributed by atoms with Crippen molar-refractivity contribution < 1.29 is 4.74 Å². The van der Waals surface area contributed by atoms with Crippen LogP contribution in [0, 0.1) is 5.41 Å². The summed E-state index contributed by atoms with van der Waals surface area (Å²) < 4.78 is 5.66. The molecule has 1 aliphatic rings. The van der Waals surface area contributed by atoms with E-state index in [1.165, 1.54) is 12.0 Å². The van der Waals surface area contributed by atoms with Crippen molar-refractivity contribution in [3.05, 3.63) is 29.8 Å². The van der Waals surface area contributed by atoms with E-state index in [0.717, 1.165) is 25.4 Å². The van der Waals surface area contributed by atoms with Crippen molar-refractivity contribution in [2.24, 2.45) is 11.1 Å². The quantitative estimate of drug-likeness (QED) is 0.897. The van der Waals surface area contributed by atoms with Gasteiger partial charge in [0, 0.05) is 19.1 Å². The van der Waals surface area contributed by atoms with Crippen molar-refractivity contribution in [3.8, 4) is 5.75 Å². The zero-order valence-corrected chi connectivity index (χ0v) is 13.2. The molecule has 2 N–H and O–H groups in total. The maximum Gasteiger partial charge on any atom is 0.119 e. The zero-order valence-electron chi connectivity index (χ0n) is 13.2. The molecule has 3 nitrogen and oxygen atoms in total. The summed E-state index contributed by atoms with van der Waals surface area (Å²) >= 11 is 0. The van der Waals surface area contributed by atoms with Crippen molar-refractivity contribution in [2.45, 2.75) is 46.3 Å². The molecule has 112 valence electrons. The lowest BCUT2D eigenvalue weighted by molar-refractivity contribution is 0.242. The molecule has 3 heteroatoms. The third-order valence-corrected chi connectivity index (χ3v) is 3.89. The van der Waals surface area contributed by atoms with Crippen LogP contribution in [0.4, 0.5) is 0 Å². The molecule has 1 unspecified atom stereocenters.